The van der Waals surface area contributed by atoms with Gasteiger partial charge in [0.2, 0.25) is 0 Å². The zero-order chi connectivity index (χ0) is 18.9. The minimum atomic E-state index is -0.502. The van der Waals surface area contributed by atoms with Crippen LogP contribution in [0.15, 0.2) is 84.9 Å². The Morgan fingerprint density at radius 3 is 2.22 bits per heavy atom. The van der Waals surface area contributed by atoms with Gasteiger partial charge in [-0.05, 0) is 36.1 Å². The van der Waals surface area contributed by atoms with E-state index in [1.54, 1.807) is 0 Å². The van der Waals surface area contributed by atoms with Crippen LogP contribution in [0.1, 0.15) is 29.7 Å². The Morgan fingerprint density at radius 2 is 1.48 bits per heavy atom. The number of rotatable bonds is 9. The van der Waals surface area contributed by atoms with Crippen molar-refractivity contribution in [3.05, 3.63) is 102 Å². The van der Waals surface area contributed by atoms with Crippen molar-refractivity contribution < 1.29 is 9.84 Å². The van der Waals surface area contributed by atoms with Crippen LogP contribution >= 0.6 is 0 Å². The maximum absolute atomic E-state index is 10.3. The summed E-state index contributed by atoms with van der Waals surface area (Å²) in [5.74, 6) is 0.915. The molecule has 3 aromatic carbocycles. The molecule has 140 valence electrons. The summed E-state index contributed by atoms with van der Waals surface area (Å²) in [5.41, 5.74) is 3.26. The number of nitrogens with one attached hydrogen (secondary N) is 1. The molecule has 0 saturated heterocycles. The molecule has 0 bridgehead atoms. The number of ether oxygens (including phenoxy) is 1. The zero-order valence-corrected chi connectivity index (χ0v) is 15.7. The average molecular weight is 361 g/mol. The molecule has 0 saturated carbocycles. The maximum Gasteiger partial charge on any atom is 0.123 e. The van der Waals surface area contributed by atoms with Crippen LogP contribution in [0.3, 0.4) is 0 Å². The number of aliphatic hydroxyl groups is 1. The molecule has 3 heteroatoms. The molecule has 0 radical (unpaired) electrons. The molecule has 3 aromatic rings. The van der Waals surface area contributed by atoms with E-state index in [2.05, 4.69) is 30.4 Å². The summed E-state index contributed by atoms with van der Waals surface area (Å²) < 4.78 is 6.04. The average Bonchev–Trinajstić information content (AvgIpc) is 2.73. The van der Waals surface area contributed by atoms with Gasteiger partial charge in [0.25, 0.3) is 0 Å². The highest BCUT2D eigenvalue weighted by Crippen LogP contribution is 2.21. The summed E-state index contributed by atoms with van der Waals surface area (Å²) in [5, 5.41) is 13.7. The fraction of sp³-hybridized carbons (Fsp3) is 0.250. The summed E-state index contributed by atoms with van der Waals surface area (Å²) in [6.45, 7) is 3.22. The molecule has 0 aliphatic rings. The lowest BCUT2D eigenvalue weighted by atomic mass is 10.0. The van der Waals surface area contributed by atoms with E-state index >= 15 is 0 Å². The highest BCUT2D eigenvalue weighted by molar-refractivity contribution is 5.34. The molecule has 0 aromatic heterocycles. The molecule has 27 heavy (non-hydrogen) atoms. The molecule has 0 amide bonds. The molecule has 0 aliphatic carbocycles. The molecule has 0 fully saturated rings. The fourth-order valence-electron chi connectivity index (χ4n) is 3.06. The minimum Gasteiger partial charge on any atom is -0.489 e. The Labute approximate surface area is 161 Å². The van der Waals surface area contributed by atoms with E-state index in [1.165, 1.54) is 5.56 Å². The first-order valence-electron chi connectivity index (χ1n) is 9.43. The van der Waals surface area contributed by atoms with E-state index in [0.717, 1.165) is 23.3 Å². The number of aliphatic hydroxyl groups excluding tert-OH is 1. The number of para-hydroxylation sites is 1. The topological polar surface area (TPSA) is 41.5 Å². The smallest absolute Gasteiger partial charge is 0.123 e. The predicted molar refractivity (Wildman–Crippen MR) is 110 cm³/mol. The van der Waals surface area contributed by atoms with Gasteiger partial charge in [-0.1, -0.05) is 78.9 Å². The number of hydrogen-bond donors (Lipinski definition) is 2. The Bertz CT molecular complexity index is 805. The standard InChI is InChI=1S/C24H27NO2/c1-19(25-17-23(26)21-12-6-3-7-13-21)16-22-14-8-9-15-24(22)27-18-20-10-4-2-5-11-20/h2-15,19,23,25-26H,16-18H2,1H3/t19-,23+/m1/s1. The second kappa shape index (κ2) is 9.91. The molecular weight excluding hydrogens is 334 g/mol. The lowest BCUT2D eigenvalue weighted by Crippen LogP contribution is -2.32. The number of benzene rings is 3. The van der Waals surface area contributed by atoms with E-state index < -0.39 is 6.10 Å². The van der Waals surface area contributed by atoms with Crippen LogP contribution in [0.4, 0.5) is 0 Å². The quantitative estimate of drug-likeness (QED) is 0.589. The molecular formula is C24H27NO2. The maximum atomic E-state index is 10.3. The van der Waals surface area contributed by atoms with E-state index in [-0.39, 0.29) is 6.04 Å². The van der Waals surface area contributed by atoms with E-state index in [4.69, 9.17) is 4.74 Å². The summed E-state index contributed by atoms with van der Waals surface area (Å²) >= 11 is 0. The van der Waals surface area contributed by atoms with Gasteiger partial charge in [-0.3, -0.25) is 0 Å². The van der Waals surface area contributed by atoms with Crippen molar-refractivity contribution in [3.8, 4) is 5.75 Å². The van der Waals surface area contributed by atoms with Gasteiger partial charge in [-0.15, -0.1) is 0 Å². The number of hydrogen-bond acceptors (Lipinski definition) is 3. The van der Waals surface area contributed by atoms with Gasteiger partial charge in [-0.25, -0.2) is 0 Å². The molecule has 0 unspecified atom stereocenters. The summed E-state index contributed by atoms with van der Waals surface area (Å²) in [4.78, 5) is 0. The molecule has 2 atom stereocenters. The van der Waals surface area contributed by atoms with Crippen molar-refractivity contribution >= 4 is 0 Å². The minimum absolute atomic E-state index is 0.227. The van der Waals surface area contributed by atoms with Gasteiger partial charge in [-0.2, -0.15) is 0 Å². The molecule has 0 spiro atoms. The van der Waals surface area contributed by atoms with Crippen LogP contribution < -0.4 is 10.1 Å². The first-order chi connectivity index (χ1) is 13.2. The Morgan fingerprint density at radius 1 is 0.852 bits per heavy atom. The Balaban J connectivity index is 1.53. The molecule has 2 N–H and O–H groups in total. The van der Waals surface area contributed by atoms with Gasteiger partial charge in [0.05, 0.1) is 6.10 Å². The third-order valence-corrected chi connectivity index (χ3v) is 4.58. The van der Waals surface area contributed by atoms with Gasteiger partial charge >= 0.3 is 0 Å². The van der Waals surface area contributed by atoms with Crippen LogP contribution in [-0.2, 0) is 13.0 Å². The van der Waals surface area contributed by atoms with E-state index in [0.29, 0.717) is 13.2 Å². The van der Waals surface area contributed by atoms with Crippen molar-refractivity contribution in [3.63, 3.8) is 0 Å². The van der Waals surface area contributed by atoms with Crippen molar-refractivity contribution in [2.75, 3.05) is 6.54 Å². The van der Waals surface area contributed by atoms with E-state index in [1.807, 2.05) is 66.7 Å². The Kier molecular flexibility index (Phi) is 7.03. The van der Waals surface area contributed by atoms with Crippen molar-refractivity contribution in [1.82, 2.24) is 5.32 Å². The third kappa shape index (κ3) is 5.95. The summed E-state index contributed by atoms with van der Waals surface area (Å²) in [6, 6.07) is 28.3. The van der Waals surface area contributed by atoms with Gasteiger partial charge in [0, 0.05) is 12.6 Å². The lowest BCUT2D eigenvalue weighted by Gasteiger charge is -2.19. The Hall–Kier alpha value is -2.62. The zero-order valence-electron chi connectivity index (χ0n) is 15.7. The lowest BCUT2D eigenvalue weighted by molar-refractivity contribution is 0.170. The van der Waals surface area contributed by atoms with E-state index in [9.17, 15) is 5.11 Å². The first kappa shape index (κ1) is 19.2. The first-order valence-corrected chi connectivity index (χ1v) is 9.43. The predicted octanol–water partition coefficient (Wildman–Crippen LogP) is 4.52. The van der Waals surface area contributed by atoms with Gasteiger partial charge < -0.3 is 15.2 Å². The summed E-state index contributed by atoms with van der Waals surface area (Å²) in [6.07, 6.45) is 0.338. The fourth-order valence-corrected chi connectivity index (χ4v) is 3.06. The summed E-state index contributed by atoms with van der Waals surface area (Å²) in [7, 11) is 0. The van der Waals surface area contributed by atoms with Crippen molar-refractivity contribution in [2.45, 2.75) is 32.1 Å². The van der Waals surface area contributed by atoms with Crippen molar-refractivity contribution in [2.24, 2.45) is 0 Å². The highest BCUT2D eigenvalue weighted by Gasteiger charge is 2.12. The van der Waals surface area contributed by atoms with Crippen LogP contribution in [0.5, 0.6) is 5.75 Å². The molecule has 3 rings (SSSR count). The second-order valence-electron chi connectivity index (χ2n) is 6.82. The largest absolute Gasteiger partial charge is 0.489 e. The van der Waals surface area contributed by atoms with Crippen LogP contribution in [0.25, 0.3) is 0 Å². The van der Waals surface area contributed by atoms with Crippen LogP contribution in [0.2, 0.25) is 0 Å². The third-order valence-electron chi connectivity index (χ3n) is 4.58. The molecule has 3 nitrogen and oxygen atoms in total. The highest BCUT2D eigenvalue weighted by atomic mass is 16.5. The molecule has 0 aliphatic heterocycles. The normalized spacial score (nSPS) is 13.1. The van der Waals surface area contributed by atoms with Crippen LogP contribution in [-0.4, -0.2) is 17.7 Å². The van der Waals surface area contributed by atoms with Crippen molar-refractivity contribution in [1.29, 1.82) is 0 Å². The van der Waals surface area contributed by atoms with Gasteiger partial charge in [0.1, 0.15) is 12.4 Å². The monoisotopic (exact) mass is 361 g/mol. The SMILES string of the molecule is C[C@H](Cc1ccccc1OCc1ccccc1)NC[C@H](O)c1ccccc1. The molecule has 0 heterocycles. The van der Waals surface area contributed by atoms with Gasteiger partial charge in [0.15, 0.2) is 0 Å². The van der Waals surface area contributed by atoms with Crippen LogP contribution in [0, 0.1) is 0 Å². The second-order valence-corrected chi connectivity index (χ2v) is 6.82.